The number of aromatic nitrogens is 4. The van der Waals surface area contributed by atoms with E-state index in [4.69, 9.17) is 31.2 Å². The van der Waals surface area contributed by atoms with Crippen LogP contribution in [0.5, 0.6) is 0 Å². The maximum Gasteiger partial charge on any atom is 0.306 e. The molecule has 2 aromatic heterocycles. The summed E-state index contributed by atoms with van der Waals surface area (Å²) in [5.41, 5.74) is 1.00. The molecule has 0 spiro atoms. The molecular formula is C46H78N4O7S. The molecule has 0 radical (unpaired) electrons. The van der Waals surface area contributed by atoms with E-state index in [9.17, 15) is 14.4 Å². The lowest BCUT2D eigenvalue weighted by atomic mass is 10.1. The fourth-order valence-corrected chi connectivity index (χ4v) is 8.01. The monoisotopic (exact) mass is 831 g/mol. The molecule has 1 aliphatic heterocycles. The van der Waals surface area contributed by atoms with Crippen molar-refractivity contribution in [1.82, 2.24) is 19.5 Å². The largest absolute Gasteiger partial charge is 0.463 e. The van der Waals surface area contributed by atoms with Gasteiger partial charge >= 0.3 is 17.9 Å². The predicted octanol–water partition coefficient (Wildman–Crippen LogP) is 12.5. The summed E-state index contributed by atoms with van der Waals surface area (Å²) in [6.45, 7) is 6.54. The highest BCUT2D eigenvalue weighted by atomic mass is 32.1. The van der Waals surface area contributed by atoms with Gasteiger partial charge in [0, 0.05) is 19.3 Å². The lowest BCUT2D eigenvalue weighted by Gasteiger charge is -2.25. The lowest BCUT2D eigenvalue weighted by molar-refractivity contribution is -0.169. The highest BCUT2D eigenvalue weighted by Crippen LogP contribution is 2.36. The van der Waals surface area contributed by atoms with Crippen molar-refractivity contribution in [2.75, 3.05) is 6.61 Å². The van der Waals surface area contributed by atoms with Crippen LogP contribution in [0.3, 0.4) is 0 Å². The Morgan fingerprint density at radius 3 is 1.48 bits per heavy atom. The van der Waals surface area contributed by atoms with Crippen molar-refractivity contribution in [3.05, 3.63) is 17.3 Å². The Bertz CT molecular complexity index is 1460. The quantitative estimate of drug-likeness (QED) is 0.0309. The first-order chi connectivity index (χ1) is 28.4. The molecule has 1 aliphatic rings. The van der Waals surface area contributed by atoms with Gasteiger partial charge in [-0.3, -0.25) is 19.0 Å². The third-order valence-corrected chi connectivity index (χ3v) is 11.6. The molecule has 1 fully saturated rings. The van der Waals surface area contributed by atoms with Gasteiger partial charge in [-0.15, -0.1) is 0 Å². The van der Waals surface area contributed by atoms with Gasteiger partial charge < -0.3 is 23.9 Å². The molecule has 11 nitrogen and oxygen atoms in total. The van der Waals surface area contributed by atoms with E-state index in [2.05, 4.69) is 35.7 Å². The predicted molar refractivity (Wildman–Crippen MR) is 233 cm³/mol. The summed E-state index contributed by atoms with van der Waals surface area (Å²) in [5, 5.41) is 0. The number of nitrogens with one attached hydrogen (secondary N) is 1. The van der Waals surface area contributed by atoms with E-state index in [1.165, 1.54) is 109 Å². The van der Waals surface area contributed by atoms with Crippen LogP contribution >= 0.6 is 12.2 Å². The van der Waals surface area contributed by atoms with Crippen LogP contribution in [0, 0.1) is 4.64 Å². The van der Waals surface area contributed by atoms with Gasteiger partial charge in [0.1, 0.15) is 23.9 Å². The van der Waals surface area contributed by atoms with Crippen molar-refractivity contribution in [3.63, 3.8) is 0 Å². The number of ether oxygens (including phenoxy) is 4. The van der Waals surface area contributed by atoms with E-state index in [0.29, 0.717) is 35.1 Å². The zero-order chi connectivity index (χ0) is 41.6. The van der Waals surface area contributed by atoms with Crippen molar-refractivity contribution < 1.29 is 33.3 Å². The summed E-state index contributed by atoms with van der Waals surface area (Å²) < 4.78 is 26.7. The van der Waals surface area contributed by atoms with Crippen molar-refractivity contribution in [2.24, 2.45) is 0 Å². The third kappa shape index (κ3) is 19.5. The number of rotatable bonds is 35. The Morgan fingerprint density at radius 2 is 1.02 bits per heavy atom. The van der Waals surface area contributed by atoms with Gasteiger partial charge in [0.15, 0.2) is 23.1 Å². The molecule has 330 valence electrons. The minimum atomic E-state index is -1.01. The molecule has 0 amide bonds. The third-order valence-electron chi connectivity index (χ3n) is 11.3. The zero-order valence-corrected chi connectivity index (χ0v) is 37.3. The molecule has 0 aliphatic carbocycles. The molecule has 4 atom stereocenters. The Hall–Kier alpha value is -2.86. The van der Waals surface area contributed by atoms with Crippen LogP contribution in [0.15, 0.2) is 12.7 Å². The SMILES string of the molecule is CCCCCCCCCCCC(=O)OC[C@H]1O[C@@H](n2cnc3c(=S)nc[nH]c32)[C@@H](OC(=O)CCCCCCCCCCC)[C@@H]1OC(=O)CCCCCCCCCCC. The highest BCUT2D eigenvalue weighted by Gasteiger charge is 2.51. The second-order valence-corrected chi connectivity index (χ2v) is 16.8. The first-order valence-corrected chi connectivity index (χ1v) is 23.9. The number of carbonyl (C=O) groups excluding carboxylic acids is 3. The van der Waals surface area contributed by atoms with Gasteiger partial charge in [-0.1, -0.05) is 187 Å². The first-order valence-electron chi connectivity index (χ1n) is 23.5. The number of carbonyl (C=O) groups is 3. The Labute approximate surface area is 354 Å². The Morgan fingerprint density at radius 1 is 0.603 bits per heavy atom. The molecule has 0 unspecified atom stereocenters. The number of nitrogens with zero attached hydrogens (tertiary/aromatic N) is 3. The van der Waals surface area contributed by atoms with Gasteiger partial charge in [0.2, 0.25) is 0 Å². The lowest BCUT2D eigenvalue weighted by Crippen LogP contribution is -2.41. The van der Waals surface area contributed by atoms with Crippen LogP contribution in [-0.2, 0) is 33.3 Å². The maximum absolute atomic E-state index is 13.5. The summed E-state index contributed by atoms with van der Waals surface area (Å²) in [5.74, 6) is -1.09. The number of unbranched alkanes of at least 4 members (excludes halogenated alkanes) is 24. The molecule has 1 N–H and O–H groups in total. The van der Waals surface area contributed by atoms with E-state index >= 15 is 0 Å². The molecule has 3 heterocycles. The number of hydrogen-bond donors (Lipinski definition) is 1. The summed E-state index contributed by atoms with van der Waals surface area (Å²) in [4.78, 5) is 51.6. The molecule has 2 aromatic rings. The van der Waals surface area contributed by atoms with Gasteiger partial charge in [0.25, 0.3) is 0 Å². The van der Waals surface area contributed by atoms with Gasteiger partial charge in [0.05, 0.1) is 12.7 Å². The molecule has 58 heavy (non-hydrogen) atoms. The number of H-pyrrole nitrogens is 1. The highest BCUT2D eigenvalue weighted by molar-refractivity contribution is 7.71. The second-order valence-electron chi connectivity index (χ2n) is 16.4. The maximum atomic E-state index is 13.5. The number of fused-ring (bicyclic) bond motifs is 1. The summed E-state index contributed by atoms with van der Waals surface area (Å²) in [6, 6.07) is 0. The average molecular weight is 831 g/mol. The van der Waals surface area contributed by atoms with E-state index in [0.717, 1.165) is 57.8 Å². The molecule has 0 aromatic carbocycles. The second kappa shape index (κ2) is 31.1. The zero-order valence-electron chi connectivity index (χ0n) is 36.5. The molecule has 0 saturated carbocycles. The van der Waals surface area contributed by atoms with Gasteiger partial charge in [-0.05, 0) is 19.3 Å². The summed E-state index contributed by atoms with van der Waals surface area (Å²) in [6.07, 6.45) is 30.8. The topological polar surface area (TPSA) is 135 Å². The minimum Gasteiger partial charge on any atom is -0.463 e. The normalized spacial score (nSPS) is 17.8. The first kappa shape index (κ1) is 49.5. The van der Waals surface area contributed by atoms with E-state index in [1.54, 1.807) is 10.9 Å². The summed E-state index contributed by atoms with van der Waals surface area (Å²) >= 11 is 5.43. The van der Waals surface area contributed by atoms with Crippen molar-refractivity contribution in [1.29, 1.82) is 0 Å². The van der Waals surface area contributed by atoms with Gasteiger partial charge in [-0.2, -0.15) is 0 Å². The molecule has 1 saturated heterocycles. The van der Waals surface area contributed by atoms with Crippen LogP contribution in [0.1, 0.15) is 220 Å². The van der Waals surface area contributed by atoms with Crippen molar-refractivity contribution in [2.45, 2.75) is 238 Å². The summed E-state index contributed by atoms with van der Waals surface area (Å²) in [7, 11) is 0. The van der Waals surface area contributed by atoms with Crippen molar-refractivity contribution in [3.8, 4) is 0 Å². The number of esters is 3. The van der Waals surface area contributed by atoms with E-state index < -0.39 is 24.5 Å². The van der Waals surface area contributed by atoms with Crippen LogP contribution in [0.25, 0.3) is 11.2 Å². The number of aromatic amines is 1. The minimum absolute atomic E-state index is 0.140. The fourth-order valence-electron chi connectivity index (χ4n) is 7.81. The smallest absolute Gasteiger partial charge is 0.306 e. The molecule has 3 rings (SSSR count). The molecule has 0 bridgehead atoms. The standard InChI is InChI=1S/C46H78N4O7S/c1-4-7-10-13-16-19-22-25-28-31-38(51)54-34-37-42(56-39(52)32-29-26-23-20-17-14-11-8-5-2)43(57-40(53)33-30-27-24-21-18-15-12-9-6-3)46(55-37)50-36-49-41-44(50)47-35-48-45(41)58/h35-37,42-43,46H,4-34H2,1-3H3,(H,47,48,58)/t37-,42-,43+,46-/m1/s1. The average Bonchev–Trinajstić information content (AvgIpc) is 3.79. The number of hydrogen-bond acceptors (Lipinski definition) is 10. The van der Waals surface area contributed by atoms with Crippen molar-refractivity contribution >= 4 is 41.3 Å². The Balaban J connectivity index is 1.67. The fraction of sp³-hybridized carbons (Fsp3) is 0.826. The van der Waals surface area contributed by atoms with Crippen LogP contribution < -0.4 is 0 Å². The van der Waals surface area contributed by atoms with Gasteiger partial charge in [-0.25, -0.2) is 9.97 Å². The van der Waals surface area contributed by atoms with E-state index in [-0.39, 0.29) is 37.4 Å². The molecular weight excluding hydrogens is 753 g/mol. The van der Waals surface area contributed by atoms with E-state index in [1.807, 2.05) is 0 Å². The number of imidazole rings is 1. The molecule has 12 heteroatoms. The van der Waals surface area contributed by atoms with Crippen LogP contribution in [-0.4, -0.2) is 62.3 Å². The van der Waals surface area contributed by atoms with Crippen LogP contribution in [0.2, 0.25) is 0 Å². The van der Waals surface area contributed by atoms with Crippen LogP contribution in [0.4, 0.5) is 0 Å². The Kier molecular flexibility index (Phi) is 26.5.